The van der Waals surface area contributed by atoms with Crippen LogP contribution >= 0.6 is 12.4 Å². The summed E-state index contributed by atoms with van der Waals surface area (Å²) in [5.74, 6) is 0.141. The standard InChI is InChI=1S/C14H19NO2.ClH/c1-11(16)17-14-10-15(2)9-8-13(14)12-6-4-3-5-7-12;/h3-7,13-14H,8-10H2,1-2H3;1H/t13-,14-;/m0./s1. The average molecular weight is 270 g/mol. The van der Waals surface area contributed by atoms with Crippen molar-refractivity contribution in [1.29, 1.82) is 0 Å². The number of benzene rings is 1. The van der Waals surface area contributed by atoms with Gasteiger partial charge >= 0.3 is 5.97 Å². The zero-order valence-corrected chi connectivity index (χ0v) is 11.7. The number of halogens is 1. The maximum absolute atomic E-state index is 11.2. The normalized spacial score (nSPS) is 24.1. The second-order valence-corrected chi connectivity index (χ2v) is 4.72. The van der Waals surface area contributed by atoms with Crippen molar-refractivity contribution in [2.24, 2.45) is 0 Å². The predicted octanol–water partition coefficient (Wildman–Crippen LogP) is 2.46. The van der Waals surface area contributed by atoms with Crippen molar-refractivity contribution in [2.75, 3.05) is 20.1 Å². The second kappa shape index (κ2) is 6.76. The van der Waals surface area contributed by atoms with Gasteiger partial charge in [-0.3, -0.25) is 4.79 Å². The lowest BCUT2D eigenvalue weighted by atomic mass is 9.87. The van der Waals surface area contributed by atoms with Gasteiger partial charge in [-0.15, -0.1) is 12.4 Å². The maximum atomic E-state index is 11.2. The van der Waals surface area contributed by atoms with E-state index in [-0.39, 0.29) is 24.5 Å². The van der Waals surface area contributed by atoms with Crippen LogP contribution in [-0.4, -0.2) is 37.1 Å². The Balaban J connectivity index is 0.00000162. The molecule has 4 heteroatoms. The SMILES string of the molecule is CC(=O)O[C@H]1CN(C)CC[C@H]1c1ccccc1.Cl. The van der Waals surface area contributed by atoms with Crippen LogP contribution in [0.5, 0.6) is 0 Å². The highest BCUT2D eigenvalue weighted by Crippen LogP contribution is 2.29. The number of hydrogen-bond donors (Lipinski definition) is 0. The zero-order valence-electron chi connectivity index (χ0n) is 10.8. The Morgan fingerprint density at radius 2 is 2.00 bits per heavy atom. The van der Waals surface area contributed by atoms with E-state index in [4.69, 9.17) is 4.74 Å². The minimum atomic E-state index is -0.189. The third-order valence-electron chi connectivity index (χ3n) is 3.31. The molecule has 0 bridgehead atoms. The van der Waals surface area contributed by atoms with Gasteiger partial charge in [0.1, 0.15) is 6.10 Å². The molecule has 0 saturated carbocycles. The van der Waals surface area contributed by atoms with Crippen LogP contribution in [0.4, 0.5) is 0 Å². The molecule has 0 amide bonds. The van der Waals surface area contributed by atoms with Gasteiger partial charge in [0.15, 0.2) is 0 Å². The summed E-state index contributed by atoms with van der Waals surface area (Å²) >= 11 is 0. The molecule has 1 fully saturated rings. The van der Waals surface area contributed by atoms with Crippen molar-refractivity contribution < 1.29 is 9.53 Å². The molecule has 1 aromatic rings. The molecule has 1 heterocycles. The lowest BCUT2D eigenvalue weighted by Crippen LogP contribution is -2.42. The van der Waals surface area contributed by atoms with E-state index in [2.05, 4.69) is 24.1 Å². The molecular formula is C14H20ClNO2. The highest BCUT2D eigenvalue weighted by atomic mass is 35.5. The molecule has 2 rings (SSSR count). The Morgan fingerprint density at radius 1 is 1.33 bits per heavy atom. The van der Waals surface area contributed by atoms with Gasteiger partial charge in [-0.2, -0.15) is 0 Å². The Hall–Kier alpha value is -1.06. The van der Waals surface area contributed by atoms with Gasteiger partial charge in [0.25, 0.3) is 0 Å². The van der Waals surface area contributed by atoms with Crippen LogP contribution in [0.25, 0.3) is 0 Å². The topological polar surface area (TPSA) is 29.5 Å². The molecule has 2 atom stereocenters. The van der Waals surface area contributed by atoms with E-state index in [1.807, 2.05) is 18.2 Å². The molecule has 100 valence electrons. The fourth-order valence-corrected chi connectivity index (χ4v) is 2.49. The minimum Gasteiger partial charge on any atom is -0.461 e. The summed E-state index contributed by atoms with van der Waals surface area (Å²) < 4.78 is 5.45. The van der Waals surface area contributed by atoms with Gasteiger partial charge in [-0.25, -0.2) is 0 Å². The molecule has 1 aliphatic rings. The molecule has 0 spiro atoms. The van der Waals surface area contributed by atoms with Crippen LogP contribution in [0.1, 0.15) is 24.8 Å². The monoisotopic (exact) mass is 269 g/mol. The van der Waals surface area contributed by atoms with Crippen LogP contribution in [0.2, 0.25) is 0 Å². The molecule has 1 aliphatic heterocycles. The van der Waals surface area contributed by atoms with Crippen molar-refractivity contribution in [2.45, 2.75) is 25.4 Å². The molecule has 0 N–H and O–H groups in total. The third kappa shape index (κ3) is 3.72. The largest absolute Gasteiger partial charge is 0.461 e. The quantitative estimate of drug-likeness (QED) is 0.773. The van der Waals surface area contributed by atoms with Crippen LogP contribution in [0, 0.1) is 0 Å². The van der Waals surface area contributed by atoms with Crippen LogP contribution in [0.15, 0.2) is 30.3 Å². The van der Waals surface area contributed by atoms with Crippen molar-refractivity contribution >= 4 is 18.4 Å². The number of likely N-dealkylation sites (tertiary alicyclic amines) is 1. The average Bonchev–Trinajstić information content (AvgIpc) is 2.29. The summed E-state index contributed by atoms with van der Waals surface area (Å²) in [5, 5.41) is 0. The number of piperidine rings is 1. The van der Waals surface area contributed by atoms with E-state index in [0.717, 1.165) is 19.5 Å². The van der Waals surface area contributed by atoms with Crippen LogP contribution in [-0.2, 0) is 9.53 Å². The molecule has 0 aliphatic carbocycles. The number of hydrogen-bond acceptors (Lipinski definition) is 3. The van der Waals surface area contributed by atoms with Crippen molar-refractivity contribution in [3.8, 4) is 0 Å². The first kappa shape index (κ1) is 15.0. The van der Waals surface area contributed by atoms with Crippen molar-refractivity contribution in [1.82, 2.24) is 4.90 Å². The summed E-state index contributed by atoms with van der Waals surface area (Å²) in [6.07, 6.45) is 1.02. The fourth-order valence-electron chi connectivity index (χ4n) is 2.49. The molecule has 0 aromatic heterocycles. The molecule has 18 heavy (non-hydrogen) atoms. The Kier molecular flexibility index (Phi) is 5.63. The zero-order chi connectivity index (χ0) is 12.3. The van der Waals surface area contributed by atoms with E-state index in [1.54, 1.807) is 0 Å². The van der Waals surface area contributed by atoms with Crippen LogP contribution < -0.4 is 0 Å². The highest BCUT2D eigenvalue weighted by molar-refractivity contribution is 5.85. The Bertz CT molecular complexity index is 383. The summed E-state index contributed by atoms with van der Waals surface area (Å²) in [5.41, 5.74) is 1.27. The lowest BCUT2D eigenvalue weighted by molar-refractivity contribution is -0.149. The van der Waals surface area contributed by atoms with Gasteiger partial charge < -0.3 is 9.64 Å². The number of rotatable bonds is 2. The van der Waals surface area contributed by atoms with E-state index >= 15 is 0 Å². The van der Waals surface area contributed by atoms with Gasteiger partial charge in [0.05, 0.1) is 0 Å². The van der Waals surface area contributed by atoms with E-state index in [0.29, 0.717) is 5.92 Å². The van der Waals surface area contributed by atoms with Gasteiger partial charge in [0.2, 0.25) is 0 Å². The highest BCUT2D eigenvalue weighted by Gasteiger charge is 2.30. The van der Waals surface area contributed by atoms with E-state index in [1.165, 1.54) is 12.5 Å². The lowest BCUT2D eigenvalue weighted by Gasteiger charge is -2.36. The molecular weight excluding hydrogens is 250 g/mol. The Morgan fingerprint density at radius 3 is 2.61 bits per heavy atom. The number of carbonyl (C=O) groups is 1. The Labute approximate surface area is 115 Å². The number of ether oxygens (including phenoxy) is 1. The first-order chi connectivity index (χ1) is 8.16. The fraction of sp³-hybridized carbons (Fsp3) is 0.500. The second-order valence-electron chi connectivity index (χ2n) is 4.72. The molecule has 1 aromatic carbocycles. The maximum Gasteiger partial charge on any atom is 0.302 e. The van der Waals surface area contributed by atoms with E-state index in [9.17, 15) is 4.79 Å². The molecule has 1 saturated heterocycles. The summed E-state index contributed by atoms with van der Waals surface area (Å²) in [7, 11) is 2.07. The number of carbonyl (C=O) groups excluding carboxylic acids is 1. The molecule has 0 unspecified atom stereocenters. The predicted molar refractivity (Wildman–Crippen MR) is 74.1 cm³/mol. The first-order valence-electron chi connectivity index (χ1n) is 6.07. The smallest absolute Gasteiger partial charge is 0.302 e. The van der Waals surface area contributed by atoms with Crippen molar-refractivity contribution in [3.63, 3.8) is 0 Å². The number of likely N-dealkylation sites (N-methyl/N-ethyl adjacent to an activating group) is 1. The van der Waals surface area contributed by atoms with Crippen molar-refractivity contribution in [3.05, 3.63) is 35.9 Å². The first-order valence-corrected chi connectivity index (χ1v) is 6.07. The minimum absolute atomic E-state index is 0. The van der Waals surface area contributed by atoms with Gasteiger partial charge in [-0.1, -0.05) is 30.3 Å². The number of esters is 1. The van der Waals surface area contributed by atoms with Gasteiger partial charge in [0, 0.05) is 19.4 Å². The summed E-state index contributed by atoms with van der Waals surface area (Å²) in [6.45, 7) is 3.35. The van der Waals surface area contributed by atoms with E-state index < -0.39 is 0 Å². The summed E-state index contributed by atoms with van der Waals surface area (Å²) in [6, 6.07) is 10.3. The van der Waals surface area contributed by atoms with Crippen LogP contribution in [0.3, 0.4) is 0 Å². The van der Waals surface area contributed by atoms with Gasteiger partial charge in [-0.05, 0) is 25.6 Å². The third-order valence-corrected chi connectivity index (χ3v) is 3.31. The number of nitrogens with zero attached hydrogens (tertiary/aromatic N) is 1. The molecule has 3 nitrogen and oxygen atoms in total. The molecule has 0 radical (unpaired) electrons. The summed E-state index contributed by atoms with van der Waals surface area (Å²) in [4.78, 5) is 13.4.